The molecule has 0 spiro atoms. The van der Waals surface area contributed by atoms with E-state index in [1.807, 2.05) is 0 Å². The monoisotopic (exact) mass is 385 g/mol. The molecule has 3 rings (SSSR count). The summed E-state index contributed by atoms with van der Waals surface area (Å²) in [6.07, 6.45) is 1.94. The molecule has 0 saturated carbocycles. The van der Waals surface area contributed by atoms with Gasteiger partial charge in [-0.2, -0.15) is 18.3 Å². The van der Waals surface area contributed by atoms with Crippen molar-refractivity contribution in [2.24, 2.45) is 0 Å². The lowest BCUT2D eigenvalue weighted by Gasteiger charge is -2.09. The highest BCUT2D eigenvalue weighted by Crippen LogP contribution is 2.29. The van der Waals surface area contributed by atoms with Crippen molar-refractivity contribution in [1.29, 1.82) is 0 Å². The zero-order valence-electron chi connectivity index (χ0n) is 13.3. The molecule has 10 heteroatoms. The molecule has 2 heterocycles. The van der Waals surface area contributed by atoms with Crippen molar-refractivity contribution in [1.82, 2.24) is 14.5 Å². The van der Waals surface area contributed by atoms with Gasteiger partial charge in [-0.05, 0) is 30.3 Å². The Morgan fingerprint density at radius 3 is 2.46 bits per heavy atom. The largest absolute Gasteiger partial charge is 0.472 e. The standard InChI is InChI=1S/C16H14F3N3O3S/c17-16(18,19)14-1-3-15(4-2-14)26(23,24)21-6-7-22-10-13(9-20-22)12-5-8-25-11-12/h1-5,8-11,21H,6-7H2. The average molecular weight is 385 g/mol. The number of nitrogens with zero attached hydrogens (tertiary/aromatic N) is 2. The molecule has 138 valence electrons. The van der Waals surface area contributed by atoms with Gasteiger partial charge in [-0.15, -0.1) is 0 Å². The van der Waals surface area contributed by atoms with Crippen LogP contribution in [0.2, 0.25) is 0 Å². The van der Waals surface area contributed by atoms with Gasteiger partial charge in [0.15, 0.2) is 0 Å². The van der Waals surface area contributed by atoms with E-state index in [4.69, 9.17) is 4.42 Å². The second kappa shape index (κ2) is 6.96. The molecule has 6 nitrogen and oxygen atoms in total. The van der Waals surface area contributed by atoms with E-state index in [2.05, 4.69) is 9.82 Å². The third-order valence-corrected chi connectivity index (χ3v) is 5.09. The third kappa shape index (κ3) is 4.14. The van der Waals surface area contributed by atoms with Gasteiger partial charge in [0.05, 0.1) is 35.7 Å². The van der Waals surface area contributed by atoms with Gasteiger partial charge in [-0.25, -0.2) is 13.1 Å². The Morgan fingerprint density at radius 2 is 1.85 bits per heavy atom. The van der Waals surface area contributed by atoms with Crippen molar-refractivity contribution in [3.8, 4) is 11.1 Å². The van der Waals surface area contributed by atoms with E-state index in [0.717, 1.165) is 35.4 Å². The van der Waals surface area contributed by atoms with Crippen LogP contribution in [-0.4, -0.2) is 24.7 Å². The van der Waals surface area contributed by atoms with E-state index < -0.39 is 21.8 Å². The van der Waals surface area contributed by atoms with E-state index in [9.17, 15) is 21.6 Å². The molecule has 1 aromatic carbocycles. The van der Waals surface area contributed by atoms with Crippen LogP contribution >= 0.6 is 0 Å². The molecule has 0 radical (unpaired) electrons. The lowest BCUT2D eigenvalue weighted by Crippen LogP contribution is -2.27. The SMILES string of the molecule is O=S(=O)(NCCn1cc(-c2ccoc2)cn1)c1ccc(C(F)(F)F)cc1. The molecular weight excluding hydrogens is 371 g/mol. The van der Waals surface area contributed by atoms with Crippen molar-refractivity contribution >= 4 is 10.0 Å². The zero-order chi connectivity index (χ0) is 18.8. The first kappa shape index (κ1) is 18.2. The minimum atomic E-state index is -4.51. The Labute approximate surface area is 147 Å². The lowest BCUT2D eigenvalue weighted by atomic mass is 10.2. The Hall–Kier alpha value is -2.59. The third-order valence-electron chi connectivity index (χ3n) is 3.61. The van der Waals surface area contributed by atoms with Crippen molar-refractivity contribution in [3.63, 3.8) is 0 Å². The summed E-state index contributed by atoms with van der Waals surface area (Å²) in [6.45, 7) is 0.299. The highest BCUT2D eigenvalue weighted by molar-refractivity contribution is 7.89. The summed E-state index contributed by atoms with van der Waals surface area (Å²) in [4.78, 5) is -0.231. The van der Waals surface area contributed by atoms with Crippen LogP contribution in [0.5, 0.6) is 0 Å². The van der Waals surface area contributed by atoms with E-state index in [1.165, 1.54) is 6.26 Å². The van der Waals surface area contributed by atoms with Crippen LogP contribution in [-0.2, 0) is 22.7 Å². The van der Waals surface area contributed by atoms with Crippen molar-refractivity contribution in [3.05, 3.63) is 60.8 Å². The van der Waals surface area contributed by atoms with Crippen molar-refractivity contribution < 1.29 is 26.0 Å². The predicted molar refractivity (Wildman–Crippen MR) is 86.6 cm³/mol. The maximum absolute atomic E-state index is 12.5. The van der Waals surface area contributed by atoms with Gasteiger partial charge in [0.2, 0.25) is 10.0 Å². The van der Waals surface area contributed by atoms with Gasteiger partial charge in [0, 0.05) is 23.9 Å². The van der Waals surface area contributed by atoms with Crippen molar-refractivity contribution in [2.45, 2.75) is 17.6 Å². The smallest absolute Gasteiger partial charge is 0.416 e. The first-order valence-corrected chi connectivity index (χ1v) is 8.96. The Bertz CT molecular complexity index is 962. The summed E-state index contributed by atoms with van der Waals surface area (Å²) >= 11 is 0. The number of hydrogen-bond donors (Lipinski definition) is 1. The number of nitrogens with one attached hydrogen (secondary N) is 1. The molecule has 26 heavy (non-hydrogen) atoms. The number of hydrogen-bond acceptors (Lipinski definition) is 4. The summed E-state index contributed by atoms with van der Waals surface area (Å²) in [7, 11) is -3.90. The van der Waals surface area contributed by atoms with Gasteiger partial charge in [-0.3, -0.25) is 4.68 Å². The molecule has 3 aromatic rings. The number of furan rings is 1. The Morgan fingerprint density at radius 1 is 1.12 bits per heavy atom. The summed E-state index contributed by atoms with van der Waals surface area (Å²) < 4.78 is 70.7. The molecule has 0 saturated heterocycles. The van der Waals surface area contributed by atoms with E-state index in [1.54, 1.807) is 29.4 Å². The Balaban J connectivity index is 1.60. The van der Waals surface area contributed by atoms with Crippen molar-refractivity contribution in [2.75, 3.05) is 6.54 Å². The fraction of sp³-hybridized carbons (Fsp3) is 0.188. The number of aromatic nitrogens is 2. The second-order valence-corrected chi connectivity index (χ2v) is 7.19. The van der Waals surface area contributed by atoms with Gasteiger partial charge in [-0.1, -0.05) is 0 Å². The van der Waals surface area contributed by atoms with E-state index in [-0.39, 0.29) is 18.0 Å². The van der Waals surface area contributed by atoms with Gasteiger partial charge in [0.25, 0.3) is 0 Å². The Kier molecular flexibility index (Phi) is 4.88. The molecule has 0 aliphatic rings. The molecule has 0 unspecified atom stereocenters. The predicted octanol–water partition coefficient (Wildman–Crippen LogP) is 3.14. The van der Waals surface area contributed by atoms with Gasteiger partial charge >= 0.3 is 6.18 Å². The highest BCUT2D eigenvalue weighted by Gasteiger charge is 2.30. The van der Waals surface area contributed by atoms with Crippen LogP contribution in [0.3, 0.4) is 0 Å². The molecular formula is C16H14F3N3O3S. The summed E-state index contributed by atoms with van der Waals surface area (Å²) in [6, 6.07) is 5.10. The van der Waals surface area contributed by atoms with Crippen LogP contribution < -0.4 is 4.72 Å². The summed E-state index contributed by atoms with van der Waals surface area (Å²) in [5.41, 5.74) is 0.769. The van der Waals surface area contributed by atoms with Crippen LogP contribution in [0.4, 0.5) is 13.2 Å². The number of rotatable bonds is 6. The molecule has 1 N–H and O–H groups in total. The summed E-state index contributed by atoms with van der Waals surface area (Å²) in [5.74, 6) is 0. The summed E-state index contributed by atoms with van der Waals surface area (Å²) in [5, 5.41) is 4.12. The molecule has 2 aromatic heterocycles. The van der Waals surface area contributed by atoms with E-state index in [0.29, 0.717) is 0 Å². The fourth-order valence-corrected chi connectivity index (χ4v) is 3.29. The molecule has 0 fully saturated rings. The van der Waals surface area contributed by atoms with Crippen LogP contribution in [0, 0.1) is 0 Å². The van der Waals surface area contributed by atoms with Crippen LogP contribution in [0.15, 0.2) is 64.6 Å². The van der Waals surface area contributed by atoms with Crippen LogP contribution in [0.25, 0.3) is 11.1 Å². The minimum Gasteiger partial charge on any atom is -0.472 e. The molecule has 0 aliphatic carbocycles. The maximum Gasteiger partial charge on any atom is 0.416 e. The van der Waals surface area contributed by atoms with E-state index >= 15 is 0 Å². The number of sulfonamides is 1. The second-order valence-electron chi connectivity index (χ2n) is 5.42. The van der Waals surface area contributed by atoms with Gasteiger partial charge < -0.3 is 4.42 Å². The lowest BCUT2D eigenvalue weighted by molar-refractivity contribution is -0.137. The zero-order valence-corrected chi connectivity index (χ0v) is 14.1. The first-order valence-electron chi connectivity index (χ1n) is 7.48. The quantitative estimate of drug-likeness (QED) is 0.707. The number of benzene rings is 1. The van der Waals surface area contributed by atoms with Gasteiger partial charge in [0.1, 0.15) is 0 Å². The maximum atomic E-state index is 12.5. The average Bonchev–Trinajstić information content (AvgIpc) is 3.25. The molecule has 0 bridgehead atoms. The fourth-order valence-electron chi connectivity index (χ4n) is 2.26. The molecule has 0 aliphatic heterocycles. The normalized spacial score (nSPS) is 12.4. The first-order chi connectivity index (χ1) is 12.3. The topological polar surface area (TPSA) is 77.1 Å². The minimum absolute atomic E-state index is 0.0376. The number of halogens is 3. The molecule has 0 amide bonds. The molecule has 0 atom stereocenters. The highest BCUT2D eigenvalue weighted by atomic mass is 32.2. The van der Waals surface area contributed by atoms with Crippen LogP contribution in [0.1, 0.15) is 5.56 Å². The number of alkyl halides is 3.